The van der Waals surface area contributed by atoms with Gasteiger partial charge in [0.2, 0.25) is 0 Å². The first kappa shape index (κ1) is 21.3. The summed E-state index contributed by atoms with van der Waals surface area (Å²) in [5.41, 5.74) is 3.76. The van der Waals surface area contributed by atoms with E-state index in [1.54, 1.807) is 24.3 Å². The number of hydrogen-bond acceptors (Lipinski definition) is 3. The van der Waals surface area contributed by atoms with Crippen LogP contribution in [0.5, 0.6) is 0 Å². The van der Waals surface area contributed by atoms with Crippen LogP contribution in [-0.4, -0.2) is 17.5 Å². The quantitative estimate of drug-likeness (QED) is 0.418. The van der Waals surface area contributed by atoms with E-state index in [0.717, 1.165) is 24.9 Å². The van der Waals surface area contributed by atoms with Crippen molar-refractivity contribution in [2.75, 3.05) is 5.32 Å². The molecule has 0 radical (unpaired) electrons. The summed E-state index contributed by atoms with van der Waals surface area (Å²) in [5.74, 6) is -0.206. The molecule has 1 atom stereocenters. The van der Waals surface area contributed by atoms with Gasteiger partial charge in [0.15, 0.2) is 5.69 Å². The number of aryl methyl sites for hydroxylation is 1. The number of anilines is 1. The van der Waals surface area contributed by atoms with E-state index < -0.39 is 5.60 Å². The van der Waals surface area contributed by atoms with Gasteiger partial charge < -0.3 is 10.1 Å². The highest BCUT2D eigenvalue weighted by atomic mass is 16.6. The zero-order valence-corrected chi connectivity index (χ0v) is 17.6. The second-order valence-corrected chi connectivity index (χ2v) is 8.49. The molecular formula is C25H26N2O3. The van der Waals surface area contributed by atoms with Gasteiger partial charge in [-0.2, -0.15) is 0 Å². The van der Waals surface area contributed by atoms with Gasteiger partial charge in [-0.25, -0.2) is 9.64 Å². The molecule has 0 saturated heterocycles. The molecule has 5 heteroatoms. The normalized spacial score (nSPS) is 15.9. The van der Waals surface area contributed by atoms with Gasteiger partial charge in [-0.15, -0.1) is 0 Å². The number of nitrogens with zero attached hydrogens (tertiary/aromatic N) is 1. The van der Waals surface area contributed by atoms with Crippen LogP contribution < -0.4 is 5.32 Å². The summed E-state index contributed by atoms with van der Waals surface area (Å²) < 4.78 is 5.32. The first-order valence-electron chi connectivity index (χ1n) is 10.1. The van der Waals surface area contributed by atoms with Gasteiger partial charge in [0, 0.05) is 17.3 Å². The maximum atomic E-state index is 12.4. The van der Waals surface area contributed by atoms with Crippen molar-refractivity contribution in [2.24, 2.45) is 5.92 Å². The summed E-state index contributed by atoms with van der Waals surface area (Å²) in [6, 6.07) is 12.6. The minimum atomic E-state index is -0.486. The second-order valence-electron chi connectivity index (χ2n) is 8.49. The topological polar surface area (TPSA) is 59.8 Å². The lowest BCUT2D eigenvalue weighted by Gasteiger charge is -2.23. The van der Waals surface area contributed by atoms with E-state index in [9.17, 15) is 9.59 Å². The molecule has 1 N–H and O–H groups in total. The Morgan fingerprint density at radius 3 is 2.53 bits per heavy atom. The maximum absolute atomic E-state index is 12.4. The van der Waals surface area contributed by atoms with Crippen LogP contribution in [0.4, 0.5) is 11.4 Å². The van der Waals surface area contributed by atoms with Crippen molar-refractivity contribution in [2.45, 2.75) is 45.6 Å². The molecule has 0 heterocycles. The van der Waals surface area contributed by atoms with Crippen LogP contribution in [0.3, 0.4) is 0 Å². The molecular weight excluding hydrogens is 376 g/mol. The summed E-state index contributed by atoms with van der Waals surface area (Å²) in [5, 5.41) is 2.93. The van der Waals surface area contributed by atoms with Crippen LogP contribution in [-0.2, 0) is 22.4 Å². The predicted octanol–water partition coefficient (Wildman–Crippen LogP) is 5.49. The molecule has 0 saturated carbocycles. The minimum Gasteiger partial charge on any atom is -0.457 e. The van der Waals surface area contributed by atoms with E-state index in [0.29, 0.717) is 17.2 Å². The van der Waals surface area contributed by atoms with Crippen molar-refractivity contribution < 1.29 is 14.3 Å². The Bertz CT molecular complexity index is 1010. The molecule has 0 aliphatic heterocycles. The first-order valence-corrected chi connectivity index (χ1v) is 10.1. The Labute approximate surface area is 177 Å². The third-order valence-corrected chi connectivity index (χ3v) is 4.90. The SMILES string of the molecule is [C-]#[N+]c1ccc(C(=O)Nc2ccc3c(c2)CCC(/C=C/C(=O)OC(C)(C)C)C3)cc1. The molecule has 0 fully saturated rings. The van der Waals surface area contributed by atoms with Crippen molar-refractivity contribution in [1.82, 2.24) is 0 Å². The van der Waals surface area contributed by atoms with Crippen molar-refractivity contribution in [3.8, 4) is 0 Å². The zero-order chi connectivity index (χ0) is 21.7. The number of rotatable bonds is 4. The summed E-state index contributed by atoms with van der Waals surface area (Å²) in [6.07, 6.45) is 6.18. The fraction of sp³-hybridized carbons (Fsp3) is 0.320. The van der Waals surface area contributed by atoms with Crippen LogP contribution in [0.15, 0.2) is 54.6 Å². The Morgan fingerprint density at radius 1 is 1.13 bits per heavy atom. The molecule has 5 nitrogen and oxygen atoms in total. The monoisotopic (exact) mass is 402 g/mol. The van der Waals surface area contributed by atoms with Gasteiger partial charge in [-0.05, 0) is 69.2 Å². The van der Waals surface area contributed by atoms with Crippen molar-refractivity contribution in [1.29, 1.82) is 0 Å². The van der Waals surface area contributed by atoms with Gasteiger partial charge in [0.1, 0.15) is 5.60 Å². The predicted molar refractivity (Wildman–Crippen MR) is 118 cm³/mol. The molecule has 0 bridgehead atoms. The van der Waals surface area contributed by atoms with E-state index >= 15 is 0 Å². The van der Waals surface area contributed by atoms with Gasteiger partial charge in [-0.3, -0.25) is 4.79 Å². The Kier molecular flexibility index (Phi) is 6.37. The number of amides is 1. The Hall–Kier alpha value is -3.39. The third-order valence-electron chi connectivity index (χ3n) is 4.90. The average Bonchev–Trinajstić information content (AvgIpc) is 2.71. The molecule has 1 aliphatic rings. The van der Waals surface area contributed by atoms with Gasteiger partial charge >= 0.3 is 5.97 Å². The molecule has 1 amide bonds. The van der Waals surface area contributed by atoms with E-state index in [4.69, 9.17) is 11.3 Å². The van der Waals surface area contributed by atoms with E-state index in [1.807, 2.05) is 45.0 Å². The fourth-order valence-corrected chi connectivity index (χ4v) is 3.47. The lowest BCUT2D eigenvalue weighted by molar-refractivity contribution is -0.148. The lowest BCUT2D eigenvalue weighted by Crippen LogP contribution is -2.22. The summed E-state index contributed by atoms with van der Waals surface area (Å²) in [4.78, 5) is 27.7. The Balaban J connectivity index is 1.61. The van der Waals surface area contributed by atoms with Crippen molar-refractivity contribution in [3.63, 3.8) is 0 Å². The lowest BCUT2D eigenvalue weighted by atomic mass is 9.83. The standard InChI is InChI=1S/C25H26N2O3/c1-25(2,3)30-23(28)14-6-17-5-7-20-16-22(13-10-19(20)15-17)27-24(29)18-8-11-21(26-4)12-9-18/h6,8-14,16-17H,5,7,15H2,1-3H3,(H,27,29)/b14-6+. The number of fused-ring (bicyclic) bond motifs is 1. The highest BCUT2D eigenvalue weighted by molar-refractivity contribution is 6.04. The van der Waals surface area contributed by atoms with Gasteiger partial charge in [-0.1, -0.05) is 36.4 Å². The van der Waals surface area contributed by atoms with E-state index in [2.05, 4.69) is 10.2 Å². The molecule has 2 aromatic carbocycles. The number of carbonyl (C=O) groups excluding carboxylic acids is 2. The number of esters is 1. The number of benzene rings is 2. The summed E-state index contributed by atoms with van der Waals surface area (Å²) in [7, 11) is 0. The molecule has 0 spiro atoms. The molecule has 0 aromatic heterocycles. The largest absolute Gasteiger partial charge is 0.457 e. The summed E-state index contributed by atoms with van der Waals surface area (Å²) in [6.45, 7) is 12.5. The van der Waals surface area contributed by atoms with Gasteiger partial charge in [0.25, 0.3) is 5.91 Å². The van der Waals surface area contributed by atoms with Crippen LogP contribution in [0, 0.1) is 12.5 Å². The number of hydrogen-bond donors (Lipinski definition) is 1. The van der Waals surface area contributed by atoms with Crippen molar-refractivity contribution >= 4 is 23.3 Å². The van der Waals surface area contributed by atoms with Crippen LogP contribution >= 0.6 is 0 Å². The number of nitrogens with one attached hydrogen (secondary N) is 1. The third kappa shape index (κ3) is 5.81. The molecule has 1 aliphatic carbocycles. The van der Waals surface area contributed by atoms with Crippen LogP contribution in [0.2, 0.25) is 0 Å². The molecule has 30 heavy (non-hydrogen) atoms. The van der Waals surface area contributed by atoms with Crippen LogP contribution in [0.25, 0.3) is 4.85 Å². The van der Waals surface area contributed by atoms with Gasteiger partial charge in [0.05, 0.1) is 6.57 Å². The molecule has 1 unspecified atom stereocenters. The summed E-state index contributed by atoms with van der Waals surface area (Å²) >= 11 is 0. The van der Waals surface area contributed by atoms with E-state index in [-0.39, 0.29) is 11.9 Å². The number of allylic oxidation sites excluding steroid dienone is 1. The van der Waals surface area contributed by atoms with Crippen LogP contribution in [0.1, 0.15) is 48.7 Å². The van der Waals surface area contributed by atoms with Crippen molar-refractivity contribution in [3.05, 3.63) is 82.7 Å². The highest BCUT2D eigenvalue weighted by Crippen LogP contribution is 2.29. The number of carbonyl (C=O) groups is 2. The number of ether oxygens (including phenoxy) is 1. The maximum Gasteiger partial charge on any atom is 0.330 e. The molecule has 2 aromatic rings. The zero-order valence-electron chi connectivity index (χ0n) is 17.6. The first-order chi connectivity index (χ1) is 14.2. The average molecular weight is 402 g/mol. The second kappa shape index (κ2) is 8.96. The molecule has 154 valence electrons. The van der Waals surface area contributed by atoms with E-state index in [1.165, 1.54) is 17.2 Å². The fourth-order valence-electron chi connectivity index (χ4n) is 3.47. The minimum absolute atomic E-state index is 0.194. The highest BCUT2D eigenvalue weighted by Gasteiger charge is 2.19. The molecule has 3 rings (SSSR count). The Morgan fingerprint density at radius 2 is 1.87 bits per heavy atom. The smallest absolute Gasteiger partial charge is 0.330 e.